The van der Waals surface area contributed by atoms with E-state index in [-0.39, 0.29) is 12.5 Å². The molecule has 1 aromatic heterocycles. The van der Waals surface area contributed by atoms with Gasteiger partial charge in [0.25, 0.3) is 5.91 Å². The Balaban J connectivity index is 1.50. The summed E-state index contributed by atoms with van der Waals surface area (Å²) in [6, 6.07) is 10.3. The number of alkyl halides is 4. The highest BCUT2D eigenvalue weighted by Gasteiger charge is 2.40. The monoisotopic (exact) mass is 425 g/mol. The summed E-state index contributed by atoms with van der Waals surface area (Å²) < 4.78 is 54.9. The average Bonchev–Trinajstić information content (AvgIpc) is 2.74. The molecule has 30 heavy (non-hydrogen) atoms. The second-order valence-corrected chi connectivity index (χ2v) is 7.18. The SMILES string of the molecule is O=C(c1cccc(COCC(F)(F)C(F)F)c1)N1CCN(Cc2cccnc2)CC1. The molecule has 0 bridgehead atoms. The number of carbonyl (C=O) groups excluding carboxylic acids is 1. The number of nitrogens with zero attached hydrogens (tertiary/aromatic N) is 3. The fourth-order valence-corrected chi connectivity index (χ4v) is 3.20. The molecule has 1 aromatic carbocycles. The Hall–Kier alpha value is -2.52. The lowest BCUT2D eigenvalue weighted by molar-refractivity contribution is -0.168. The third kappa shape index (κ3) is 5.99. The zero-order valence-electron chi connectivity index (χ0n) is 16.3. The van der Waals surface area contributed by atoms with Crippen LogP contribution in [0, 0.1) is 0 Å². The van der Waals surface area contributed by atoms with E-state index in [2.05, 4.69) is 9.88 Å². The maximum absolute atomic E-state index is 12.9. The predicted octanol–water partition coefficient (Wildman–Crippen LogP) is 3.46. The molecule has 1 amide bonds. The summed E-state index contributed by atoms with van der Waals surface area (Å²) in [5.74, 6) is -4.35. The van der Waals surface area contributed by atoms with Gasteiger partial charge in [-0.25, -0.2) is 8.78 Å². The molecule has 5 nitrogen and oxygen atoms in total. The second kappa shape index (κ2) is 9.99. The van der Waals surface area contributed by atoms with Crippen molar-refractivity contribution in [2.45, 2.75) is 25.5 Å². The summed E-state index contributed by atoms with van der Waals surface area (Å²) in [4.78, 5) is 20.9. The molecule has 0 radical (unpaired) electrons. The van der Waals surface area contributed by atoms with Gasteiger partial charge in [0.15, 0.2) is 0 Å². The lowest BCUT2D eigenvalue weighted by atomic mass is 10.1. The third-order valence-corrected chi connectivity index (χ3v) is 4.84. The number of aromatic nitrogens is 1. The standard InChI is InChI=1S/C21H23F4N3O2/c22-20(23)21(24,25)15-30-14-16-3-1-5-18(11-16)19(29)28-9-7-27(8-10-28)13-17-4-2-6-26-12-17/h1-6,11-12,20H,7-10,13-15H2. The highest BCUT2D eigenvalue weighted by atomic mass is 19.3. The molecular weight excluding hydrogens is 402 g/mol. The van der Waals surface area contributed by atoms with Crippen molar-refractivity contribution in [3.05, 3.63) is 65.5 Å². The van der Waals surface area contributed by atoms with Crippen LogP contribution < -0.4 is 0 Å². The van der Waals surface area contributed by atoms with Crippen molar-refractivity contribution < 1.29 is 27.1 Å². The number of benzene rings is 1. The van der Waals surface area contributed by atoms with Gasteiger partial charge in [0.05, 0.1) is 6.61 Å². The molecule has 0 aliphatic carbocycles. The van der Waals surface area contributed by atoms with Crippen molar-refractivity contribution in [3.8, 4) is 0 Å². The van der Waals surface area contributed by atoms with Crippen molar-refractivity contribution in [1.82, 2.24) is 14.8 Å². The van der Waals surface area contributed by atoms with Crippen LogP contribution in [0.15, 0.2) is 48.8 Å². The minimum atomic E-state index is -4.19. The number of pyridine rings is 1. The quantitative estimate of drug-likeness (QED) is 0.608. The Kier molecular flexibility index (Phi) is 7.38. The number of amides is 1. The van der Waals surface area contributed by atoms with Crippen molar-refractivity contribution in [3.63, 3.8) is 0 Å². The summed E-state index contributed by atoms with van der Waals surface area (Å²) in [5, 5.41) is 0. The van der Waals surface area contributed by atoms with Crippen molar-refractivity contribution in [2.75, 3.05) is 32.8 Å². The zero-order valence-corrected chi connectivity index (χ0v) is 16.3. The molecule has 1 saturated heterocycles. The third-order valence-electron chi connectivity index (χ3n) is 4.84. The summed E-state index contributed by atoms with van der Waals surface area (Å²) in [6.07, 6.45) is -0.228. The van der Waals surface area contributed by atoms with E-state index in [1.807, 2.05) is 18.3 Å². The summed E-state index contributed by atoms with van der Waals surface area (Å²) in [7, 11) is 0. The molecule has 0 unspecified atom stereocenters. The van der Waals surface area contributed by atoms with Gasteiger partial charge in [0.2, 0.25) is 0 Å². The molecule has 0 N–H and O–H groups in total. The molecule has 0 spiro atoms. The van der Waals surface area contributed by atoms with Gasteiger partial charge in [-0.05, 0) is 29.3 Å². The van der Waals surface area contributed by atoms with Gasteiger partial charge in [-0.3, -0.25) is 14.7 Å². The number of hydrogen-bond acceptors (Lipinski definition) is 4. The number of carbonyl (C=O) groups is 1. The summed E-state index contributed by atoms with van der Waals surface area (Å²) in [6.45, 7) is 1.72. The van der Waals surface area contributed by atoms with E-state index in [4.69, 9.17) is 4.74 Å². The minimum absolute atomic E-state index is 0.157. The van der Waals surface area contributed by atoms with Gasteiger partial charge in [0.1, 0.15) is 6.61 Å². The first-order valence-electron chi connectivity index (χ1n) is 9.58. The first-order valence-corrected chi connectivity index (χ1v) is 9.58. The number of rotatable bonds is 8. The molecule has 2 heterocycles. The van der Waals surface area contributed by atoms with Crippen LogP contribution in [0.4, 0.5) is 17.6 Å². The van der Waals surface area contributed by atoms with Gasteiger partial charge in [-0.15, -0.1) is 0 Å². The Morgan fingerprint density at radius 1 is 1.10 bits per heavy atom. The fraction of sp³-hybridized carbons (Fsp3) is 0.429. The van der Waals surface area contributed by atoms with Crippen molar-refractivity contribution in [1.29, 1.82) is 0 Å². The number of ether oxygens (including phenoxy) is 1. The van der Waals surface area contributed by atoms with Crippen LogP contribution in [0.5, 0.6) is 0 Å². The van der Waals surface area contributed by atoms with Crippen LogP contribution in [-0.4, -0.2) is 65.8 Å². The van der Waals surface area contributed by atoms with Crippen LogP contribution in [-0.2, 0) is 17.9 Å². The molecular formula is C21H23F4N3O2. The van der Waals surface area contributed by atoms with Crippen molar-refractivity contribution in [2.24, 2.45) is 0 Å². The van der Waals surface area contributed by atoms with Crippen LogP contribution in [0.2, 0.25) is 0 Å². The fourth-order valence-electron chi connectivity index (χ4n) is 3.20. The van der Waals surface area contributed by atoms with E-state index in [1.54, 1.807) is 35.4 Å². The second-order valence-electron chi connectivity index (χ2n) is 7.18. The lowest BCUT2D eigenvalue weighted by Crippen LogP contribution is -2.48. The molecule has 2 aromatic rings. The van der Waals surface area contributed by atoms with Gasteiger partial charge in [-0.2, -0.15) is 8.78 Å². The van der Waals surface area contributed by atoms with Gasteiger partial charge >= 0.3 is 12.3 Å². The molecule has 3 rings (SSSR count). The molecule has 1 fully saturated rings. The minimum Gasteiger partial charge on any atom is -0.370 e. The Morgan fingerprint density at radius 2 is 1.83 bits per heavy atom. The predicted molar refractivity (Wildman–Crippen MR) is 102 cm³/mol. The molecule has 0 saturated carbocycles. The lowest BCUT2D eigenvalue weighted by Gasteiger charge is -2.34. The first kappa shape index (κ1) is 22.2. The molecule has 9 heteroatoms. The highest BCUT2D eigenvalue weighted by Crippen LogP contribution is 2.23. The maximum Gasteiger partial charge on any atom is 0.330 e. The summed E-state index contributed by atoms with van der Waals surface area (Å²) >= 11 is 0. The number of piperazine rings is 1. The van der Waals surface area contributed by atoms with E-state index in [1.165, 1.54) is 0 Å². The van der Waals surface area contributed by atoms with Crippen LogP contribution in [0.3, 0.4) is 0 Å². The van der Waals surface area contributed by atoms with E-state index < -0.39 is 19.0 Å². The summed E-state index contributed by atoms with van der Waals surface area (Å²) in [5.41, 5.74) is 2.00. The zero-order chi connectivity index (χ0) is 21.6. The largest absolute Gasteiger partial charge is 0.370 e. The Bertz CT molecular complexity index is 828. The number of hydrogen-bond donors (Lipinski definition) is 0. The van der Waals surface area contributed by atoms with Gasteiger partial charge in [-0.1, -0.05) is 18.2 Å². The van der Waals surface area contributed by atoms with Crippen molar-refractivity contribution >= 4 is 5.91 Å². The first-order chi connectivity index (χ1) is 14.3. The highest BCUT2D eigenvalue weighted by molar-refractivity contribution is 5.94. The molecule has 1 aliphatic heterocycles. The molecule has 162 valence electrons. The normalized spacial score (nSPS) is 15.6. The Morgan fingerprint density at radius 3 is 2.50 bits per heavy atom. The van der Waals surface area contributed by atoms with Crippen LogP contribution in [0.1, 0.15) is 21.5 Å². The van der Waals surface area contributed by atoms with Gasteiger partial charge < -0.3 is 9.64 Å². The van der Waals surface area contributed by atoms with E-state index in [9.17, 15) is 22.4 Å². The maximum atomic E-state index is 12.9. The van der Waals surface area contributed by atoms with E-state index in [0.29, 0.717) is 24.2 Å². The van der Waals surface area contributed by atoms with Crippen LogP contribution >= 0.6 is 0 Å². The smallest absolute Gasteiger partial charge is 0.330 e. The topological polar surface area (TPSA) is 45.7 Å². The van der Waals surface area contributed by atoms with Gasteiger partial charge in [0, 0.05) is 50.7 Å². The molecule has 0 atom stereocenters. The Labute approximate surface area is 172 Å². The van der Waals surface area contributed by atoms with E-state index in [0.717, 1.165) is 25.2 Å². The van der Waals surface area contributed by atoms with Crippen LogP contribution in [0.25, 0.3) is 0 Å². The molecule has 1 aliphatic rings. The number of halogens is 4. The van der Waals surface area contributed by atoms with E-state index >= 15 is 0 Å². The average molecular weight is 425 g/mol.